The summed E-state index contributed by atoms with van der Waals surface area (Å²) < 4.78 is 11.0. The zero-order valence-electron chi connectivity index (χ0n) is 12.0. The smallest absolute Gasteiger partial charge is 0.335 e. The molecule has 20 heavy (non-hydrogen) atoms. The third-order valence-corrected chi connectivity index (χ3v) is 3.03. The molecule has 1 saturated carbocycles. The number of ether oxygens (including phenoxy) is 2. The maximum Gasteiger partial charge on any atom is 0.335 e. The molecule has 0 aliphatic heterocycles. The lowest BCUT2D eigenvalue weighted by atomic mass is 10.1. The summed E-state index contributed by atoms with van der Waals surface area (Å²) in [5.74, 6) is 0.193. The Hall–Kier alpha value is -1.55. The molecule has 2 rings (SSSR count). The number of hydrogen-bond donors (Lipinski definition) is 1. The van der Waals surface area contributed by atoms with Gasteiger partial charge in [0.25, 0.3) is 0 Å². The molecule has 1 aliphatic rings. The number of esters is 1. The molecule has 0 spiro atoms. The van der Waals surface area contributed by atoms with Crippen LogP contribution in [0.5, 0.6) is 5.75 Å². The fourth-order valence-corrected chi connectivity index (χ4v) is 1.86. The Kier molecular flexibility index (Phi) is 5.01. The molecule has 0 aromatic heterocycles. The van der Waals surface area contributed by atoms with Gasteiger partial charge in [0.05, 0.1) is 12.7 Å². The van der Waals surface area contributed by atoms with E-state index in [1.54, 1.807) is 18.2 Å². The van der Waals surface area contributed by atoms with E-state index < -0.39 is 6.10 Å². The summed E-state index contributed by atoms with van der Waals surface area (Å²) in [6, 6.07) is 6.90. The molecule has 1 aliphatic carbocycles. The summed E-state index contributed by atoms with van der Waals surface area (Å²) in [5.41, 5.74) is 0.872. The first-order chi connectivity index (χ1) is 9.54. The first kappa shape index (κ1) is 14.9. The SMILES string of the molecule is CC(C)COC(=O)C(Cc1cccc(O)c1)OC1CC1. The van der Waals surface area contributed by atoms with Crippen LogP contribution < -0.4 is 0 Å². The standard InChI is InChI=1S/C16H22O4/c1-11(2)10-19-16(18)15(20-14-6-7-14)9-12-4-3-5-13(17)8-12/h3-5,8,11,14-15,17H,6-7,9-10H2,1-2H3. The van der Waals surface area contributed by atoms with E-state index in [9.17, 15) is 9.90 Å². The van der Waals surface area contributed by atoms with E-state index in [2.05, 4.69) is 0 Å². The molecule has 0 saturated heterocycles. The average Bonchev–Trinajstić information content (AvgIpc) is 3.19. The van der Waals surface area contributed by atoms with E-state index in [1.807, 2.05) is 19.9 Å². The molecule has 1 aromatic rings. The molecule has 1 fully saturated rings. The second-order valence-corrected chi connectivity index (χ2v) is 5.72. The van der Waals surface area contributed by atoms with Gasteiger partial charge in [0.15, 0.2) is 6.10 Å². The summed E-state index contributed by atoms with van der Waals surface area (Å²) in [4.78, 5) is 12.1. The van der Waals surface area contributed by atoms with Gasteiger partial charge in [-0.3, -0.25) is 0 Å². The van der Waals surface area contributed by atoms with Gasteiger partial charge in [0.2, 0.25) is 0 Å². The third kappa shape index (κ3) is 4.85. The zero-order valence-corrected chi connectivity index (χ0v) is 12.0. The van der Waals surface area contributed by atoms with Crippen molar-refractivity contribution in [3.05, 3.63) is 29.8 Å². The second kappa shape index (κ2) is 6.75. The fourth-order valence-electron chi connectivity index (χ4n) is 1.86. The summed E-state index contributed by atoms with van der Waals surface area (Å²) >= 11 is 0. The second-order valence-electron chi connectivity index (χ2n) is 5.72. The minimum atomic E-state index is -0.581. The first-order valence-electron chi connectivity index (χ1n) is 7.14. The van der Waals surface area contributed by atoms with Crippen LogP contribution in [-0.4, -0.2) is 29.9 Å². The van der Waals surface area contributed by atoms with Crippen molar-refractivity contribution in [3.63, 3.8) is 0 Å². The van der Waals surface area contributed by atoms with E-state index in [0.717, 1.165) is 18.4 Å². The third-order valence-electron chi connectivity index (χ3n) is 3.03. The van der Waals surface area contributed by atoms with Crippen molar-refractivity contribution in [2.45, 2.75) is 45.3 Å². The average molecular weight is 278 g/mol. The topological polar surface area (TPSA) is 55.8 Å². The van der Waals surface area contributed by atoms with Crippen molar-refractivity contribution >= 4 is 5.97 Å². The van der Waals surface area contributed by atoms with Crippen LogP contribution in [0.15, 0.2) is 24.3 Å². The fraction of sp³-hybridized carbons (Fsp3) is 0.562. The van der Waals surface area contributed by atoms with Gasteiger partial charge in [-0.1, -0.05) is 26.0 Å². The van der Waals surface area contributed by atoms with Crippen LogP contribution in [0, 0.1) is 5.92 Å². The quantitative estimate of drug-likeness (QED) is 0.779. The van der Waals surface area contributed by atoms with Gasteiger partial charge in [-0.2, -0.15) is 0 Å². The highest BCUT2D eigenvalue weighted by molar-refractivity contribution is 5.75. The van der Waals surface area contributed by atoms with Crippen LogP contribution in [0.25, 0.3) is 0 Å². The van der Waals surface area contributed by atoms with Gasteiger partial charge in [0.1, 0.15) is 5.75 Å². The van der Waals surface area contributed by atoms with Gasteiger partial charge in [-0.25, -0.2) is 4.79 Å². The lowest BCUT2D eigenvalue weighted by Gasteiger charge is -2.17. The molecule has 1 aromatic carbocycles. The number of hydrogen-bond acceptors (Lipinski definition) is 4. The van der Waals surface area contributed by atoms with Gasteiger partial charge in [-0.15, -0.1) is 0 Å². The molecule has 1 unspecified atom stereocenters. The monoisotopic (exact) mass is 278 g/mol. The van der Waals surface area contributed by atoms with Gasteiger partial charge >= 0.3 is 5.97 Å². The van der Waals surface area contributed by atoms with Crippen LogP contribution in [0.3, 0.4) is 0 Å². The lowest BCUT2D eigenvalue weighted by Crippen LogP contribution is -2.30. The predicted octanol–water partition coefficient (Wildman–Crippen LogP) is 2.68. The summed E-state index contributed by atoms with van der Waals surface area (Å²) in [5, 5.41) is 9.48. The van der Waals surface area contributed by atoms with Crippen LogP contribution >= 0.6 is 0 Å². The van der Waals surface area contributed by atoms with Gasteiger partial charge < -0.3 is 14.6 Å². The Bertz CT molecular complexity index is 452. The first-order valence-corrected chi connectivity index (χ1v) is 7.14. The van der Waals surface area contributed by atoms with E-state index in [4.69, 9.17) is 9.47 Å². The van der Waals surface area contributed by atoms with E-state index in [-0.39, 0.29) is 17.8 Å². The summed E-state index contributed by atoms with van der Waals surface area (Å²) in [7, 11) is 0. The maximum atomic E-state index is 12.1. The Labute approximate surface area is 119 Å². The van der Waals surface area contributed by atoms with Crippen molar-refractivity contribution in [1.29, 1.82) is 0 Å². The van der Waals surface area contributed by atoms with Crippen molar-refractivity contribution in [2.24, 2.45) is 5.92 Å². The molecular weight excluding hydrogens is 256 g/mol. The van der Waals surface area contributed by atoms with Crippen molar-refractivity contribution < 1.29 is 19.4 Å². The minimum Gasteiger partial charge on any atom is -0.508 e. The molecule has 1 atom stereocenters. The maximum absolute atomic E-state index is 12.1. The normalized spacial score (nSPS) is 16.1. The zero-order chi connectivity index (χ0) is 14.5. The number of aromatic hydroxyl groups is 1. The highest BCUT2D eigenvalue weighted by atomic mass is 16.6. The predicted molar refractivity (Wildman–Crippen MR) is 75.5 cm³/mol. The van der Waals surface area contributed by atoms with E-state index in [0.29, 0.717) is 18.9 Å². The lowest BCUT2D eigenvalue weighted by molar-refractivity contribution is -0.159. The number of benzene rings is 1. The minimum absolute atomic E-state index is 0.184. The molecule has 110 valence electrons. The molecule has 0 radical (unpaired) electrons. The van der Waals surface area contributed by atoms with E-state index >= 15 is 0 Å². The molecule has 0 amide bonds. The molecule has 4 nitrogen and oxygen atoms in total. The van der Waals surface area contributed by atoms with Gasteiger partial charge in [0, 0.05) is 6.42 Å². The summed E-state index contributed by atoms with van der Waals surface area (Å²) in [6.07, 6.45) is 2.05. The van der Waals surface area contributed by atoms with E-state index in [1.165, 1.54) is 0 Å². The Morgan fingerprint density at radius 2 is 2.15 bits per heavy atom. The Morgan fingerprint density at radius 3 is 2.75 bits per heavy atom. The number of carbonyl (C=O) groups excluding carboxylic acids is 1. The number of rotatable bonds is 7. The van der Waals surface area contributed by atoms with Crippen LogP contribution in [0.1, 0.15) is 32.3 Å². The Balaban J connectivity index is 1.97. The number of phenolic OH excluding ortho intramolecular Hbond substituents is 1. The van der Waals surface area contributed by atoms with Crippen LogP contribution in [-0.2, 0) is 20.7 Å². The highest BCUT2D eigenvalue weighted by Gasteiger charge is 2.31. The van der Waals surface area contributed by atoms with Crippen molar-refractivity contribution in [1.82, 2.24) is 0 Å². The number of carbonyl (C=O) groups is 1. The summed E-state index contributed by atoms with van der Waals surface area (Å²) in [6.45, 7) is 4.40. The molecular formula is C16H22O4. The highest BCUT2D eigenvalue weighted by Crippen LogP contribution is 2.27. The van der Waals surface area contributed by atoms with Crippen molar-refractivity contribution in [3.8, 4) is 5.75 Å². The molecule has 0 bridgehead atoms. The molecule has 4 heteroatoms. The van der Waals surface area contributed by atoms with Crippen LogP contribution in [0.4, 0.5) is 0 Å². The number of phenols is 1. The molecule has 0 heterocycles. The Morgan fingerprint density at radius 1 is 1.40 bits per heavy atom. The molecule has 1 N–H and O–H groups in total. The van der Waals surface area contributed by atoms with Crippen LogP contribution in [0.2, 0.25) is 0 Å². The van der Waals surface area contributed by atoms with Gasteiger partial charge in [-0.05, 0) is 36.5 Å². The van der Waals surface area contributed by atoms with Crippen molar-refractivity contribution in [2.75, 3.05) is 6.61 Å². The largest absolute Gasteiger partial charge is 0.508 e.